The zero-order valence-electron chi connectivity index (χ0n) is 12.7. The molecule has 1 heterocycles. The van der Waals surface area contributed by atoms with E-state index in [2.05, 4.69) is 33.0 Å². The van der Waals surface area contributed by atoms with Crippen LogP contribution in [0.5, 0.6) is 0 Å². The Morgan fingerprint density at radius 2 is 1.95 bits per heavy atom. The molecule has 1 amide bonds. The van der Waals surface area contributed by atoms with Crippen molar-refractivity contribution in [1.29, 1.82) is 0 Å². The van der Waals surface area contributed by atoms with Crippen molar-refractivity contribution in [2.45, 2.75) is 46.6 Å². The molecule has 3 atom stereocenters. The van der Waals surface area contributed by atoms with Crippen LogP contribution in [0.4, 0.5) is 0 Å². The molecule has 2 rings (SSSR count). The smallest absolute Gasteiger partial charge is 0.223 e. The molecule has 0 radical (unpaired) electrons. The first-order valence-corrected chi connectivity index (χ1v) is 7.37. The Balaban J connectivity index is 1.94. The van der Waals surface area contributed by atoms with E-state index < -0.39 is 0 Å². The summed E-state index contributed by atoms with van der Waals surface area (Å²) in [5.41, 5.74) is 6.25. The van der Waals surface area contributed by atoms with E-state index in [1.807, 2.05) is 0 Å². The lowest BCUT2D eigenvalue weighted by atomic mass is 9.61. The molecular formula is C15H28N2O2. The Morgan fingerprint density at radius 3 is 2.47 bits per heavy atom. The van der Waals surface area contributed by atoms with Gasteiger partial charge in [0, 0.05) is 23.9 Å². The van der Waals surface area contributed by atoms with Crippen molar-refractivity contribution in [3.05, 3.63) is 0 Å². The van der Waals surface area contributed by atoms with Gasteiger partial charge in [0.05, 0.1) is 13.2 Å². The van der Waals surface area contributed by atoms with Gasteiger partial charge >= 0.3 is 0 Å². The fourth-order valence-corrected chi connectivity index (χ4v) is 3.30. The van der Waals surface area contributed by atoms with Crippen molar-refractivity contribution < 1.29 is 9.53 Å². The zero-order chi connectivity index (χ0) is 14.3. The molecule has 2 aliphatic rings. The van der Waals surface area contributed by atoms with Gasteiger partial charge in [0.15, 0.2) is 0 Å². The molecule has 3 N–H and O–H groups in total. The largest absolute Gasteiger partial charge is 0.380 e. The van der Waals surface area contributed by atoms with Crippen LogP contribution in [0.1, 0.15) is 40.5 Å². The molecule has 110 valence electrons. The highest BCUT2D eigenvalue weighted by Crippen LogP contribution is 2.44. The highest BCUT2D eigenvalue weighted by Gasteiger charge is 2.45. The fraction of sp³-hybridized carbons (Fsp3) is 0.933. The SMILES string of the molecule is CC1C(N)CCC(C(=O)NCC2(C)COC2)C1(C)C. The van der Waals surface area contributed by atoms with E-state index in [1.54, 1.807) is 0 Å². The molecule has 2 fully saturated rings. The molecular weight excluding hydrogens is 240 g/mol. The Labute approximate surface area is 116 Å². The lowest BCUT2D eigenvalue weighted by Crippen LogP contribution is -2.54. The van der Waals surface area contributed by atoms with Gasteiger partial charge in [-0.1, -0.05) is 27.7 Å². The maximum Gasteiger partial charge on any atom is 0.223 e. The summed E-state index contributed by atoms with van der Waals surface area (Å²) in [5, 5.41) is 3.13. The van der Waals surface area contributed by atoms with Gasteiger partial charge < -0.3 is 15.8 Å². The van der Waals surface area contributed by atoms with Gasteiger partial charge in [0.1, 0.15) is 0 Å². The first-order chi connectivity index (χ1) is 8.76. The van der Waals surface area contributed by atoms with Crippen molar-refractivity contribution in [2.75, 3.05) is 19.8 Å². The van der Waals surface area contributed by atoms with Crippen LogP contribution < -0.4 is 11.1 Å². The summed E-state index contributed by atoms with van der Waals surface area (Å²) in [6.45, 7) is 10.9. The lowest BCUT2D eigenvalue weighted by molar-refractivity contribution is -0.137. The van der Waals surface area contributed by atoms with Crippen molar-refractivity contribution in [1.82, 2.24) is 5.32 Å². The molecule has 4 heteroatoms. The molecule has 1 saturated carbocycles. The summed E-state index contributed by atoms with van der Waals surface area (Å²) in [6.07, 6.45) is 1.85. The van der Waals surface area contributed by atoms with Gasteiger partial charge in [-0.05, 0) is 24.2 Å². The number of ether oxygens (including phenoxy) is 1. The summed E-state index contributed by atoms with van der Waals surface area (Å²) in [5.74, 6) is 0.642. The fourth-order valence-electron chi connectivity index (χ4n) is 3.30. The number of carbonyl (C=O) groups excluding carboxylic acids is 1. The number of rotatable bonds is 3. The van der Waals surface area contributed by atoms with Crippen molar-refractivity contribution in [3.8, 4) is 0 Å². The van der Waals surface area contributed by atoms with Crippen LogP contribution in [-0.2, 0) is 9.53 Å². The van der Waals surface area contributed by atoms with Crippen LogP contribution >= 0.6 is 0 Å². The summed E-state index contributed by atoms with van der Waals surface area (Å²) in [4.78, 5) is 12.5. The van der Waals surface area contributed by atoms with Crippen LogP contribution in [0, 0.1) is 22.7 Å². The third-order valence-electron chi connectivity index (χ3n) is 5.41. The summed E-state index contributed by atoms with van der Waals surface area (Å²) >= 11 is 0. The molecule has 0 spiro atoms. The van der Waals surface area contributed by atoms with Gasteiger partial charge in [-0.25, -0.2) is 0 Å². The first kappa shape index (κ1) is 14.8. The van der Waals surface area contributed by atoms with Crippen molar-refractivity contribution in [2.24, 2.45) is 28.4 Å². The normalized spacial score (nSPS) is 36.4. The number of hydrogen-bond acceptors (Lipinski definition) is 3. The molecule has 0 aromatic heterocycles. The van der Waals surface area contributed by atoms with Gasteiger partial charge in [0.25, 0.3) is 0 Å². The molecule has 1 saturated heterocycles. The Kier molecular flexibility index (Phi) is 3.94. The Bertz CT molecular complexity index is 350. The highest BCUT2D eigenvalue weighted by molar-refractivity contribution is 5.79. The molecule has 19 heavy (non-hydrogen) atoms. The van der Waals surface area contributed by atoms with Crippen LogP contribution in [0.3, 0.4) is 0 Å². The van der Waals surface area contributed by atoms with Crippen LogP contribution in [0.25, 0.3) is 0 Å². The number of nitrogens with two attached hydrogens (primary N) is 1. The van der Waals surface area contributed by atoms with E-state index in [4.69, 9.17) is 10.5 Å². The van der Waals surface area contributed by atoms with Crippen LogP contribution in [0.2, 0.25) is 0 Å². The Morgan fingerprint density at radius 1 is 1.32 bits per heavy atom. The van der Waals surface area contributed by atoms with Gasteiger partial charge in [0.2, 0.25) is 5.91 Å². The number of amides is 1. The van der Waals surface area contributed by atoms with Gasteiger partial charge in [-0.2, -0.15) is 0 Å². The van der Waals surface area contributed by atoms with E-state index in [0.717, 1.165) is 32.6 Å². The zero-order valence-corrected chi connectivity index (χ0v) is 12.7. The average Bonchev–Trinajstić information content (AvgIpc) is 2.31. The topological polar surface area (TPSA) is 64.4 Å². The standard InChI is InChI=1S/C15H28N2O2/c1-10-12(16)6-5-11(14(10,2)3)13(18)17-7-15(4)8-19-9-15/h10-12H,5-9,16H2,1-4H3,(H,17,18). The maximum atomic E-state index is 12.5. The quantitative estimate of drug-likeness (QED) is 0.816. The van der Waals surface area contributed by atoms with Gasteiger partial charge in [-0.15, -0.1) is 0 Å². The van der Waals surface area contributed by atoms with Crippen molar-refractivity contribution in [3.63, 3.8) is 0 Å². The minimum absolute atomic E-state index is 0.0290. The third kappa shape index (κ3) is 2.79. The molecule has 0 bridgehead atoms. The minimum atomic E-state index is -0.0290. The van der Waals surface area contributed by atoms with E-state index in [9.17, 15) is 4.79 Å². The molecule has 3 unspecified atom stereocenters. The van der Waals surface area contributed by atoms with E-state index in [1.165, 1.54) is 0 Å². The van der Waals surface area contributed by atoms with Crippen LogP contribution in [-0.4, -0.2) is 31.7 Å². The molecule has 0 aromatic rings. The molecule has 1 aliphatic carbocycles. The second kappa shape index (κ2) is 5.06. The van der Waals surface area contributed by atoms with Crippen LogP contribution in [0.15, 0.2) is 0 Å². The van der Waals surface area contributed by atoms with Crippen molar-refractivity contribution >= 4 is 5.91 Å². The maximum absolute atomic E-state index is 12.5. The predicted molar refractivity (Wildman–Crippen MR) is 75.6 cm³/mol. The summed E-state index contributed by atoms with van der Waals surface area (Å²) in [6, 6.07) is 0.219. The van der Waals surface area contributed by atoms with E-state index in [0.29, 0.717) is 5.92 Å². The first-order valence-electron chi connectivity index (χ1n) is 7.37. The highest BCUT2D eigenvalue weighted by atomic mass is 16.5. The van der Waals surface area contributed by atoms with E-state index >= 15 is 0 Å². The van der Waals surface area contributed by atoms with E-state index in [-0.39, 0.29) is 28.7 Å². The molecule has 1 aliphatic heterocycles. The number of nitrogens with one attached hydrogen (secondary N) is 1. The predicted octanol–water partition coefficient (Wildman–Crippen LogP) is 1.54. The molecule has 4 nitrogen and oxygen atoms in total. The monoisotopic (exact) mass is 268 g/mol. The molecule has 0 aromatic carbocycles. The minimum Gasteiger partial charge on any atom is -0.380 e. The lowest BCUT2D eigenvalue weighted by Gasteiger charge is -2.46. The number of carbonyl (C=O) groups is 1. The number of hydrogen-bond donors (Lipinski definition) is 2. The average molecular weight is 268 g/mol. The summed E-state index contributed by atoms with van der Waals surface area (Å²) < 4.78 is 5.22. The van der Waals surface area contributed by atoms with Gasteiger partial charge in [-0.3, -0.25) is 4.79 Å². The second-order valence-electron chi connectivity index (χ2n) is 7.43. The third-order valence-corrected chi connectivity index (χ3v) is 5.41. The summed E-state index contributed by atoms with van der Waals surface area (Å²) in [7, 11) is 0. The Hall–Kier alpha value is -0.610. The second-order valence-corrected chi connectivity index (χ2v) is 7.43.